The number of likely N-dealkylation sites (tertiary alicyclic amines) is 1. The van der Waals surface area contributed by atoms with Crippen LogP contribution in [-0.4, -0.2) is 43.2 Å². The zero-order chi connectivity index (χ0) is 9.68. The number of primary amides is 1. The van der Waals surface area contributed by atoms with E-state index in [-0.39, 0.29) is 18.6 Å². The lowest BCUT2D eigenvalue weighted by atomic mass is 10.1. The summed E-state index contributed by atoms with van der Waals surface area (Å²) < 4.78 is 5.34. The predicted octanol–water partition coefficient (Wildman–Crippen LogP) is -0.0274. The second-order valence-corrected chi connectivity index (χ2v) is 3.41. The summed E-state index contributed by atoms with van der Waals surface area (Å²) in [6.07, 6.45) is 2.26. The molecule has 1 aliphatic rings. The molecule has 0 unspecified atom stereocenters. The van der Waals surface area contributed by atoms with Gasteiger partial charge in [0.2, 0.25) is 5.91 Å². The topological polar surface area (TPSA) is 55.6 Å². The molecule has 1 saturated heterocycles. The largest absolute Gasteiger partial charge is 0.368 e. The number of carbonyl (C=O) groups is 1. The maximum absolute atomic E-state index is 10.4. The molecule has 1 aliphatic heterocycles. The van der Waals surface area contributed by atoms with Crippen molar-refractivity contribution < 1.29 is 9.53 Å². The number of hydrogen-bond donors (Lipinski definition) is 1. The summed E-state index contributed by atoms with van der Waals surface area (Å²) in [7, 11) is 0. The lowest BCUT2D eigenvalue weighted by molar-refractivity contribution is -0.125. The zero-order valence-corrected chi connectivity index (χ0v) is 8.16. The molecule has 0 aliphatic carbocycles. The van der Waals surface area contributed by atoms with Gasteiger partial charge >= 0.3 is 0 Å². The van der Waals surface area contributed by atoms with E-state index in [2.05, 4.69) is 11.8 Å². The number of nitrogens with zero attached hydrogens (tertiary/aromatic N) is 1. The third-order valence-corrected chi connectivity index (χ3v) is 2.44. The van der Waals surface area contributed by atoms with E-state index in [1.807, 2.05) is 0 Å². The Balaban J connectivity index is 2.14. The Hall–Kier alpha value is -0.610. The Morgan fingerprint density at radius 3 is 2.62 bits per heavy atom. The molecular formula is C9H18N2O2. The molecule has 0 bridgehead atoms. The molecule has 1 amide bonds. The monoisotopic (exact) mass is 186 g/mol. The first-order chi connectivity index (χ1) is 6.22. The van der Waals surface area contributed by atoms with Gasteiger partial charge in [-0.25, -0.2) is 0 Å². The quantitative estimate of drug-likeness (QED) is 0.671. The fraction of sp³-hybridized carbons (Fsp3) is 0.889. The van der Waals surface area contributed by atoms with Gasteiger partial charge in [0.15, 0.2) is 0 Å². The minimum absolute atomic E-state index is 0.0663. The van der Waals surface area contributed by atoms with Crippen LogP contribution in [-0.2, 0) is 9.53 Å². The number of nitrogens with two attached hydrogens (primary N) is 1. The van der Waals surface area contributed by atoms with Crippen molar-refractivity contribution in [1.82, 2.24) is 4.90 Å². The highest BCUT2D eigenvalue weighted by molar-refractivity contribution is 5.74. The molecule has 0 aromatic rings. The third kappa shape index (κ3) is 3.74. The van der Waals surface area contributed by atoms with E-state index in [1.165, 1.54) is 0 Å². The SMILES string of the molecule is CCN1CCC(OCC(N)=O)CC1. The van der Waals surface area contributed by atoms with Gasteiger partial charge in [-0.3, -0.25) is 4.79 Å². The molecule has 0 spiro atoms. The molecule has 0 atom stereocenters. The van der Waals surface area contributed by atoms with Crippen molar-refractivity contribution in [3.8, 4) is 0 Å². The van der Waals surface area contributed by atoms with Crippen molar-refractivity contribution in [2.75, 3.05) is 26.2 Å². The summed E-state index contributed by atoms with van der Waals surface area (Å²) in [4.78, 5) is 12.8. The smallest absolute Gasteiger partial charge is 0.243 e. The number of amides is 1. The van der Waals surface area contributed by atoms with Crippen LogP contribution in [0.25, 0.3) is 0 Å². The van der Waals surface area contributed by atoms with Gasteiger partial charge in [0, 0.05) is 13.1 Å². The van der Waals surface area contributed by atoms with Gasteiger partial charge in [-0.2, -0.15) is 0 Å². The first-order valence-corrected chi connectivity index (χ1v) is 4.84. The van der Waals surface area contributed by atoms with Crippen LogP contribution in [0.4, 0.5) is 0 Å². The van der Waals surface area contributed by atoms with Crippen molar-refractivity contribution in [1.29, 1.82) is 0 Å². The van der Waals surface area contributed by atoms with Gasteiger partial charge in [-0.05, 0) is 19.4 Å². The Bertz CT molecular complexity index is 165. The van der Waals surface area contributed by atoms with Gasteiger partial charge in [0.1, 0.15) is 6.61 Å². The molecule has 76 valence electrons. The molecule has 0 aromatic carbocycles. The maximum Gasteiger partial charge on any atom is 0.243 e. The van der Waals surface area contributed by atoms with E-state index in [1.54, 1.807) is 0 Å². The lowest BCUT2D eigenvalue weighted by Gasteiger charge is -2.30. The van der Waals surface area contributed by atoms with E-state index in [0.717, 1.165) is 32.5 Å². The van der Waals surface area contributed by atoms with Crippen LogP contribution < -0.4 is 5.73 Å². The number of rotatable bonds is 4. The first-order valence-electron chi connectivity index (χ1n) is 4.84. The highest BCUT2D eigenvalue weighted by atomic mass is 16.5. The normalized spacial score (nSPS) is 20.4. The van der Waals surface area contributed by atoms with E-state index >= 15 is 0 Å². The number of hydrogen-bond acceptors (Lipinski definition) is 3. The maximum atomic E-state index is 10.4. The van der Waals surface area contributed by atoms with E-state index in [4.69, 9.17) is 10.5 Å². The fourth-order valence-corrected chi connectivity index (χ4v) is 1.59. The van der Waals surface area contributed by atoms with Crippen LogP contribution in [0.1, 0.15) is 19.8 Å². The summed E-state index contributed by atoms with van der Waals surface area (Å²) in [6, 6.07) is 0. The van der Waals surface area contributed by atoms with Crippen LogP contribution in [0, 0.1) is 0 Å². The second kappa shape index (κ2) is 5.19. The average Bonchev–Trinajstić information content (AvgIpc) is 2.15. The summed E-state index contributed by atoms with van der Waals surface area (Å²) in [5, 5.41) is 0. The molecule has 0 radical (unpaired) electrons. The van der Waals surface area contributed by atoms with Gasteiger partial charge in [0.25, 0.3) is 0 Å². The van der Waals surface area contributed by atoms with E-state index in [0.29, 0.717) is 0 Å². The Morgan fingerprint density at radius 2 is 2.15 bits per heavy atom. The predicted molar refractivity (Wildman–Crippen MR) is 50.3 cm³/mol. The molecular weight excluding hydrogens is 168 g/mol. The van der Waals surface area contributed by atoms with E-state index < -0.39 is 0 Å². The standard InChI is InChI=1S/C9H18N2O2/c1-2-11-5-3-8(4-6-11)13-7-9(10)12/h8H,2-7H2,1H3,(H2,10,12). The molecule has 1 fully saturated rings. The van der Waals surface area contributed by atoms with Crippen LogP contribution in [0.5, 0.6) is 0 Å². The fourth-order valence-electron chi connectivity index (χ4n) is 1.59. The first kappa shape index (κ1) is 10.5. The van der Waals surface area contributed by atoms with Gasteiger partial charge in [-0.1, -0.05) is 6.92 Å². The van der Waals surface area contributed by atoms with Crippen LogP contribution in [0.15, 0.2) is 0 Å². The molecule has 0 aromatic heterocycles. The summed E-state index contributed by atoms with van der Waals surface area (Å²) in [5.74, 6) is -0.377. The van der Waals surface area contributed by atoms with Crippen LogP contribution in [0.3, 0.4) is 0 Å². The minimum atomic E-state index is -0.377. The van der Waals surface area contributed by atoms with Crippen molar-refractivity contribution in [3.63, 3.8) is 0 Å². The lowest BCUT2D eigenvalue weighted by Crippen LogP contribution is -2.37. The third-order valence-electron chi connectivity index (χ3n) is 2.44. The van der Waals surface area contributed by atoms with Gasteiger partial charge in [-0.15, -0.1) is 0 Å². The Morgan fingerprint density at radius 1 is 1.54 bits per heavy atom. The van der Waals surface area contributed by atoms with Crippen molar-refractivity contribution >= 4 is 5.91 Å². The molecule has 0 saturated carbocycles. The molecule has 4 heteroatoms. The second-order valence-electron chi connectivity index (χ2n) is 3.41. The van der Waals surface area contributed by atoms with Gasteiger partial charge in [0.05, 0.1) is 6.10 Å². The molecule has 13 heavy (non-hydrogen) atoms. The highest BCUT2D eigenvalue weighted by Gasteiger charge is 2.18. The molecule has 4 nitrogen and oxygen atoms in total. The van der Waals surface area contributed by atoms with Gasteiger partial charge < -0.3 is 15.4 Å². The van der Waals surface area contributed by atoms with E-state index in [9.17, 15) is 4.79 Å². The number of piperidine rings is 1. The van der Waals surface area contributed by atoms with Crippen LogP contribution >= 0.6 is 0 Å². The Labute approximate surface area is 79.0 Å². The Kier molecular flexibility index (Phi) is 4.18. The van der Waals surface area contributed by atoms with Crippen molar-refractivity contribution in [2.24, 2.45) is 5.73 Å². The molecule has 1 heterocycles. The number of carbonyl (C=O) groups excluding carboxylic acids is 1. The van der Waals surface area contributed by atoms with Crippen LogP contribution in [0.2, 0.25) is 0 Å². The zero-order valence-electron chi connectivity index (χ0n) is 8.16. The summed E-state index contributed by atoms with van der Waals surface area (Å²) in [5.41, 5.74) is 4.99. The summed E-state index contributed by atoms with van der Waals surface area (Å²) in [6.45, 7) is 5.46. The number of ether oxygens (including phenoxy) is 1. The highest BCUT2D eigenvalue weighted by Crippen LogP contribution is 2.12. The van der Waals surface area contributed by atoms with Crippen molar-refractivity contribution in [2.45, 2.75) is 25.9 Å². The van der Waals surface area contributed by atoms with Crippen molar-refractivity contribution in [3.05, 3.63) is 0 Å². The average molecular weight is 186 g/mol. The summed E-state index contributed by atoms with van der Waals surface area (Å²) >= 11 is 0. The molecule has 2 N–H and O–H groups in total. The molecule has 1 rings (SSSR count). The minimum Gasteiger partial charge on any atom is -0.368 e.